The van der Waals surface area contributed by atoms with Gasteiger partial charge in [-0.25, -0.2) is 8.42 Å². The van der Waals surface area contributed by atoms with Crippen molar-refractivity contribution in [3.8, 4) is 0 Å². The molecule has 3 unspecified atom stereocenters. The van der Waals surface area contributed by atoms with Gasteiger partial charge in [-0.2, -0.15) is 0 Å². The lowest BCUT2D eigenvalue weighted by Gasteiger charge is -2.36. The number of fused-ring (bicyclic) bond motifs is 3. The van der Waals surface area contributed by atoms with Crippen molar-refractivity contribution in [1.29, 1.82) is 0 Å². The lowest BCUT2D eigenvalue weighted by molar-refractivity contribution is 0.128. The SMILES string of the molecule is O=S1(=O)N=C(CC2CC[C@H]3CC[C@@H]2C3)OC2CCCCC21. The molecule has 4 nitrogen and oxygen atoms in total. The third-order valence-electron chi connectivity index (χ3n) is 6.17. The van der Waals surface area contributed by atoms with Crippen LogP contribution < -0.4 is 0 Å². The van der Waals surface area contributed by atoms with E-state index in [2.05, 4.69) is 4.40 Å². The van der Waals surface area contributed by atoms with Crippen molar-refractivity contribution in [2.45, 2.75) is 75.6 Å². The van der Waals surface area contributed by atoms with Gasteiger partial charge >= 0.3 is 0 Å². The van der Waals surface area contributed by atoms with Crippen LogP contribution in [0.15, 0.2) is 4.40 Å². The highest BCUT2D eigenvalue weighted by Crippen LogP contribution is 2.47. The maximum absolute atomic E-state index is 12.4. The Balaban J connectivity index is 1.51. The zero-order chi connectivity index (χ0) is 14.4. The van der Waals surface area contributed by atoms with E-state index in [1.54, 1.807) is 0 Å². The van der Waals surface area contributed by atoms with E-state index >= 15 is 0 Å². The molecule has 5 heteroatoms. The molecule has 0 aromatic heterocycles. The Labute approximate surface area is 127 Å². The normalized spacial score (nSPS) is 44.6. The van der Waals surface area contributed by atoms with Crippen molar-refractivity contribution >= 4 is 15.9 Å². The standard InChI is InChI=1S/C16H25NO3S/c18-21(19)15-4-2-1-3-14(15)20-16(17-21)10-13-8-6-11-5-7-12(13)9-11/h11-15H,1-10H2/t11-,12-,13?,14?,15?/m1/s1. The number of sulfonamides is 1. The molecule has 3 saturated carbocycles. The Morgan fingerprint density at radius 1 is 1.05 bits per heavy atom. The Morgan fingerprint density at radius 3 is 2.76 bits per heavy atom. The van der Waals surface area contributed by atoms with Crippen LogP contribution in [0.3, 0.4) is 0 Å². The first kappa shape index (κ1) is 14.0. The zero-order valence-electron chi connectivity index (χ0n) is 12.5. The van der Waals surface area contributed by atoms with Gasteiger partial charge < -0.3 is 4.74 Å². The fourth-order valence-corrected chi connectivity index (χ4v) is 6.59. The fourth-order valence-electron chi connectivity index (χ4n) is 5.01. The van der Waals surface area contributed by atoms with E-state index in [9.17, 15) is 8.42 Å². The van der Waals surface area contributed by atoms with Gasteiger partial charge in [0.15, 0.2) is 0 Å². The van der Waals surface area contributed by atoms with Crippen LogP contribution >= 0.6 is 0 Å². The van der Waals surface area contributed by atoms with E-state index in [-0.39, 0.29) is 11.4 Å². The largest absolute Gasteiger partial charge is 0.475 e. The number of hydrogen-bond acceptors (Lipinski definition) is 3. The van der Waals surface area contributed by atoms with Crippen molar-refractivity contribution in [1.82, 2.24) is 0 Å². The van der Waals surface area contributed by atoms with Gasteiger partial charge in [-0.1, -0.05) is 19.3 Å². The van der Waals surface area contributed by atoms with E-state index in [0.29, 0.717) is 11.8 Å². The monoisotopic (exact) mass is 311 g/mol. The molecule has 3 aliphatic carbocycles. The minimum Gasteiger partial charge on any atom is -0.475 e. The third kappa shape index (κ3) is 2.62. The molecule has 4 rings (SSSR count). The second-order valence-electron chi connectivity index (χ2n) is 7.46. The first-order valence-electron chi connectivity index (χ1n) is 8.61. The lowest BCUT2D eigenvalue weighted by atomic mass is 9.78. The van der Waals surface area contributed by atoms with E-state index in [4.69, 9.17) is 4.74 Å². The van der Waals surface area contributed by atoms with E-state index in [1.807, 2.05) is 0 Å². The van der Waals surface area contributed by atoms with Crippen LogP contribution in [0.4, 0.5) is 0 Å². The summed E-state index contributed by atoms with van der Waals surface area (Å²) < 4.78 is 34.8. The number of nitrogens with zero attached hydrogens (tertiary/aromatic N) is 1. The lowest BCUT2D eigenvalue weighted by Crippen LogP contribution is -2.43. The van der Waals surface area contributed by atoms with Crippen LogP contribution in [-0.4, -0.2) is 25.7 Å². The first-order chi connectivity index (χ1) is 10.1. The summed E-state index contributed by atoms with van der Waals surface area (Å²) in [4.78, 5) is 0. The molecule has 21 heavy (non-hydrogen) atoms. The highest BCUT2D eigenvalue weighted by Gasteiger charge is 2.43. The van der Waals surface area contributed by atoms with Crippen LogP contribution in [0.2, 0.25) is 0 Å². The molecule has 0 spiro atoms. The van der Waals surface area contributed by atoms with E-state index in [0.717, 1.165) is 43.9 Å². The highest BCUT2D eigenvalue weighted by atomic mass is 32.2. The topological polar surface area (TPSA) is 55.7 Å². The second-order valence-corrected chi connectivity index (χ2v) is 9.28. The number of ether oxygens (including phenoxy) is 1. The van der Waals surface area contributed by atoms with Crippen molar-refractivity contribution in [3.05, 3.63) is 0 Å². The average Bonchev–Trinajstić information content (AvgIpc) is 2.84. The molecule has 0 aromatic rings. The molecule has 118 valence electrons. The predicted molar refractivity (Wildman–Crippen MR) is 81.7 cm³/mol. The minimum atomic E-state index is -3.33. The van der Waals surface area contributed by atoms with Crippen molar-refractivity contribution in [2.24, 2.45) is 22.2 Å². The summed E-state index contributed by atoms with van der Waals surface area (Å²) in [5.41, 5.74) is 0. The van der Waals surface area contributed by atoms with Crippen LogP contribution in [0.1, 0.15) is 64.2 Å². The molecule has 1 aliphatic heterocycles. The summed E-state index contributed by atoms with van der Waals surface area (Å²) in [6.45, 7) is 0. The van der Waals surface area contributed by atoms with Gasteiger partial charge in [0.1, 0.15) is 11.4 Å². The maximum atomic E-state index is 12.4. The molecule has 4 aliphatic rings. The van der Waals surface area contributed by atoms with E-state index < -0.39 is 10.0 Å². The molecular formula is C16H25NO3S. The Morgan fingerprint density at radius 2 is 1.86 bits per heavy atom. The molecular weight excluding hydrogens is 286 g/mol. The number of rotatable bonds is 2. The minimum absolute atomic E-state index is 0.129. The summed E-state index contributed by atoms with van der Waals surface area (Å²) in [7, 11) is -3.33. The molecule has 0 radical (unpaired) electrons. The highest BCUT2D eigenvalue weighted by molar-refractivity contribution is 7.91. The van der Waals surface area contributed by atoms with Crippen LogP contribution in [0.25, 0.3) is 0 Å². The van der Waals surface area contributed by atoms with Crippen LogP contribution in [0, 0.1) is 17.8 Å². The summed E-state index contributed by atoms with van der Waals surface area (Å²) >= 11 is 0. The summed E-state index contributed by atoms with van der Waals surface area (Å²) in [5, 5.41) is -0.378. The van der Waals surface area contributed by atoms with Gasteiger partial charge in [0, 0.05) is 6.42 Å². The van der Waals surface area contributed by atoms with Gasteiger partial charge in [0.2, 0.25) is 5.90 Å². The summed E-state index contributed by atoms with van der Waals surface area (Å²) in [6.07, 6.45) is 10.9. The van der Waals surface area contributed by atoms with Gasteiger partial charge in [-0.3, -0.25) is 0 Å². The number of hydrogen-bond donors (Lipinski definition) is 0. The van der Waals surface area contributed by atoms with Crippen LogP contribution in [-0.2, 0) is 14.8 Å². The van der Waals surface area contributed by atoms with E-state index in [1.165, 1.54) is 32.1 Å². The van der Waals surface area contributed by atoms with Crippen molar-refractivity contribution < 1.29 is 13.2 Å². The van der Waals surface area contributed by atoms with Crippen molar-refractivity contribution in [3.63, 3.8) is 0 Å². The fraction of sp³-hybridized carbons (Fsp3) is 0.938. The van der Waals surface area contributed by atoms with Gasteiger partial charge in [-0.05, 0) is 56.3 Å². The van der Waals surface area contributed by atoms with Crippen LogP contribution in [0.5, 0.6) is 0 Å². The smallest absolute Gasteiger partial charge is 0.262 e. The zero-order valence-corrected chi connectivity index (χ0v) is 13.4. The second kappa shape index (κ2) is 5.25. The third-order valence-corrected chi connectivity index (χ3v) is 7.93. The van der Waals surface area contributed by atoms with Gasteiger partial charge in [0.05, 0.1) is 0 Å². The molecule has 1 heterocycles. The quantitative estimate of drug-likeness (QED) is 0.786. The molecule has 5 atom stereocenters. The molecule has 2 bridgehead atoms. The molecule has 3 fully saturated rings. The van der Waals surface area contributed by atoms with Crippen molar-refractivity contribution in [2.75, 3.05) is 0 Å². The molecule has 0 N–H and O–H groups in total. The molecule has 0 saturated heterocycles. The first-order valence-corrected chi connectivity index (χ1v) is 10.1. The Bertz CT molecular complexity index is 542. The molecule has 0 amide bonds. The summed E-state index contributed by atoms with van der Waals surface area (Å²) in [6, 6.07) is 0. The average molecular weight is 311 g/mol. The predicted octanol–water partition coefficient (Wildman–Crippen LogP) is 3.27. The molecule has 0 aromatic carbocycles. The van der Waals surface area contributed by atoms with Gasteiger partial charge in [0.25, 0.3) is 10.0 Å². The van der Waals surface area contributed by atoms with Gasteiger partial charge in [-0.15, -0.1) is 4.40 Å². The maximum Gasteiger partial charge on any atom is 0.262 e. The Kier molecular flexibility index (Phi) is 3.51. The Hall–Kier alpha value is -0.580. The summed E-state index contributed by atoms with van der Waals surface area (Å²) in [5.74, 6) is 2.83.